The molecule has 0 bridgehead atoms. The van der Waals surface area contributed by atoms with Gasteiger partial charge in [-0.1, -0.05) is 31.5 Å². The maximum absolute atomic E-state index is 13.9. The number of nitrogens with one attached hydrogen (secondary N) is 2. The molecule has 2 N–H and O–H groups in total. The summed E-state index contributed by atoms with van der Waals surface area (Å²) in [4.78, 5) is 39.3. The SMILES string of the molecule is CCN(CC)C(=O)c1ccc(NC(=O)C(NC(=O)c2c(F)cccc2F)C(C)C)cc1Cl. The van der Waals surface area contributed by atoms with Crippen molar-refractivity contribution in [3.63, 3.8) is 0 Å². The summed E-state index contributed by atoms with van der Waals surface area (Å²) in [6.45, 7) is 8.14. The van der Waals surface area contributed by atoms with Gasteiger partial charge < -0.3 is 15.5 Å². The standard InChI is InChI=1S/C23H26ClF2N3O3/c1-5-29(6-2)23(32)15-11-10-14(12-16(15)24)27-22(31)20(13(3)4)28-21(30)19-17(25)8-7-9-18(19)26/h7-13,20H,5-6H2,1-4H3,(H,27,31)(H,28,30). The molecule has 0 aromatic heterocycles. The average molecular weight is 466 g/mol. The lowest BCUT2D eigenvalue weighted by molar-refractivity contribution is -0.118. The lowest BCUT2D eigenvalue weighted by Crippen LogP contribution is -2.47. The first-order chi connectivity index (χ1) is 15.1. The van der Waals surface area contributed by atoms with Crippen LogP contribution in [0.15, 0.2) is 36.4 Å². The molecular weight excluding hydrogens is 440 g/mol. The molecule has 6 nitrogen and oxygen atoms in total. The molecule has 0 aliphatic carbocycles. The van der Waals surface area contributed by atoms with Crippen LogP contribution < -0.4 is 10.6 Å². The largest absolute Gasteiger partial charge is 0.340 e. The van der Waals surface area contributed by atoms with Crippen molar-refractivity contribution in [2.75, 3.05) is 18.4 Å². The fourth-order valence-electron chi connectivity index (χ4n) is 3.13. The lowest BCUT2D eigenvalue weighted by Gasteiger charge is -2.22. The first-order valence-electron chi connectivity index (χ1n) is 10.2. The van der Waals surface area contributed by atoms with Gasteiger partial charge in [-0.2, -0.15) is 0 Å². The molecule has 3 amide bonds. The van der Waals surface area contributed by atoms with Crippen molar-refractivity contribution in [2.24, 2.45) is 5.92 Å². The summed E-state index contributed by atoms with van der Waals surface area (Å²) >= 11 is 6.26. The fraction of sp³-hybridized carbons (Fsp3) is 0.348. The Kier molecular flexibility index (Phi) is 8.72. The average Bonchev–Trinajstić information content (AvgIpc) is 2.72. The van der Waals surface area contributed by atoms with Crippen LogP contribution in [0, 0.1) is 17.6 Å². The second kappa shape index (κ2) is 11.0. The first kappa shape index (κ1) is 25.3. The van der Waals surface area contributed by atoms with Gasteiger partial charge in [0, 0.05) is 18.8 Å². The Balaban J connectivity index is 2.19. The van der Waals surface area contributed by atoms with Crippen molar-refractivity contribution in [1.29, 1.82) is 0 Å². The molecule has 0 aliphatic rings. The first-order valence-corrected chi connectivity index (χ1v) is 10.6. The second-order valence-electron chi connectivity index (χ2n) is 7.45. The number of carbonyl (C=O) groups excluding carboxylic acids is 3. The highest BCUT2D eigenvalue weighted by molar-refractivity contribution is 6.34. The van der Waals surface area contributed by atoms with Gasteiger partial charge in [-0.3, -0.25) is 14.4 Å². The Morgan fingerprint density at radius 1 is 1.03 bits per heavy atom. The monoisotopic (exact) mass is 465 g/mol. The minimum atomic E-state index is -1.07. The smallest absolute Gasteiger partial charge is 0.257 e. The summed E-state index contributed by atoms with van der Waals surface area (Å²) in [5, 5.41) is 5.17. The highest BCUT2D eigenvalue weighted by Gasteiger charge is 2.27. The number of halogens is 3. The van der Waals surface area contributed by atoms with Crippen LogP contribution in [0.4, 0.5) is 14.5 Å². The van der Waals surface area contributed by atoms with Crippen LogP contribution in [0.1, 0.15) is 48.4 Å². The van der Waals surface area contributed by atoms with Crippen LogP contribution in [-0.4, -0.2) is 41.8 Å². The van der Waals surface area contributed by atoms with Crippen molar-refractivity contribution in [3.8, 4) is 0 Å². The summed E-state index contributed by atoms with van der Waals surface area (Å²) in [6, 6.07) is 6.47. The van der Waals surface area contributed by atoms with Gasteiger partial charge in [0.25, 0.3) is 11.8 Å². The molecule has 0 spiro atoms. The van der Waals surface area contributed by atoms with Crippen LogP contribution >= 0.6 is 11.6 Å². The third kappa shape index (κ3) is 5.82. The molecule has 0 heterocycles. The second-order valence-corrected chi connectivity index (χ2v) is 7.86. The van der Waals surface area contributed by atoms with E-state index in [-0.39, 0.29) is 16.8 Å². The van der Waals surface area contributed by atoms with Crippen LogP contribution in [0.3, 0.4) is 0 Å². The maximum Gasteiger partial charge on any atom is 0.257 e. The Bertz CT molecular complexity index is 990. The molecule has 0 aliphatic heterocycles. The molecular formula is C23H26ClF2N3O3. The van der Waals surface area contributed by atoms with E-state index in [9.17, 15) is 23.2 Å². The van der Waals surface area contributed by atoms with Crippen LogP contribution in [0.25, 0.3) is 0 Å². The van der Waals surface area contributed by atoms with Gasteiger partial charge in [0.2, 0.25) is 5.91 Å². The van der Waals surface area contributed by atoms with E-state index in [0.717, 1.165) is 18.2 Å². The highest BCUT2D eigenvalue weighted by Crippen LogP contribution is 2.23. The van der Waals surface area contributed by atoms with Crippen LogP contribution in [-0.2, 0) is 4.79 Å². The van der Waals surface area contributed by atoms with E-state index in [2.05, 4.69) is 10.6 Å². The van der Waals surface area contributed by atoms with Gasteiger partial charge in [-0.05, 0) is 50.1 Å². The van der Waals surface area contributed by atoms with E-state index in [1.807, 2.05) is 13.8 Å². The normalized spacial score (nSPS) is 11.8. The predicted molar refractivity (Wildman–Crippen MR) is 120 cm³/mol. The fourth-order valence-corrected chi connectivity index (χ4v) is 3.39. The number of amides is 3. The quantitative estimate of drug-likeness (QED) is 0.602. The van der Waals surface area contributed by atoms with E-state index in [0.29, 0.717) is 24.3 Å². The summed E-state index contributed by atoms with van der Waals surface area (Å²) < 4.78 is 27.8. The van der Waals surface area contributed by atoms with Gasteiger partial charge in [0.1, 0.15) is 23.2 Å². The van der Waals surface area contributed by atoms with E-state index in [4.69, 9.17) is 11.6 Å². The van der Waals surface area contributed by atoms with Crippen molar-refractivity contribution in [3.05, 3.63) is 64.2 Å². The Hall–Kier alpha value is -3.00. The number of carbonyl (C=O) groups is 3. The summed E-state index contributed by atoms with van der Waals surface area (Å²) in [5.41, 5.74) is -0.140. The number of anilines is 1. The molecule has 2 aromatic carbocycles. The van der Waals surface area contributed by atoms with E-state index >= 15 is 0 Å². The van der Waals surface area contributed by atoms with Gasteiger partial charge in [0.15, 0.2) is 0 Å². The molecule has 2 aromatic rings. The van der Waals surface area contributed by atoms with E-state index < -0.39 is 35.1 Å². The van der Waals surface area contributed by atoms with Crippen LogP contribution in [0.5, 0.6) is 0 Å². The summed E-state index contributed by atoms with van der Waals surface area (Å²) in [6.07, 6.45) is 0. The van der Waals surface area contributed by atoms with Gasteiger partial charge in [-0.15, -0.1) is 0 Å². The minimum Gasteiger partial charge on any atom is -0.340 e. The van der Waals surface area contributed by atoms with Crippen molar-refractivity contribution < 1.29 is 23.2 Å². The van der Waals surface area contributed by atoms with Gasteiger partial charge in [-0.25, -0.2) is 8.78 Å². The summed E-state index contributed by atoms with van der Waals surface area (Å²) in [5.74, 6) is -4.28. The molecule has 2 rings (SSSR count). The van der Waals surface area contributed by atoms with E-state index in [1.165, 1.54) is 18.2 Å². The van der Waals surface area contributed by atoms with Crippen molar-refractivity contribution >= 4 is 35.0 Å². The topological polar surface area (TPSA) is 78.5 Å². The Labute approximate surface area is 190 Å². The molecule has 0 radical (unpaired) electrons. The lowest BCUT2D eigenvalue weighted by atomic mass is 10.0. The zero-order valence-corrected chi connectivity index (χ0v) is 19.1. The molecule has 1 atom stereocenters. The zero-order chi connectivity index (χ0) is 24.0. The molecule has 0 saturated carbocycles. The number of nitrogens with zero attached hydrogens (tertiary/aromatic N) is 1. The molecule has 172 valence electrons. The van der Waals surface area contributed by atoms with Gasteiger partial charge in [0.05, 0.1) is 10.6 Å². The zero-order valence-electron chi connectivity index (χ0n) is 18.3. The van der Waals surface area contributed by atoms with Crippen molar-refractivity contribution in [2.45, 2.75) is 33.7 Å². The predicted octanol–water partition coefficient (Wildman–Crippen LogP) is 4.49. The van der Waals surface area contributed by atoms with Gasteiger partial charge >= 0.3 is 0 Å². The number of benzene rings is 2. The summed E-state index contributed by atoms with van der Waals surface area (Å²) in [7, 11) is 0. The third-order valence-corrected chi connectivity index (χ3v) is 5.26. The number of hydrogen-bond donors (Lipinski definition) is 2. The maximum atomic E-state index is 13.9. The Morgan fingerprint density at radius 2 is 1.62 bits per heavy atom. The molecule has 0 fully saturated rings. The number of hydrogen-bond acceptors (Lipinski definition) is 3. The molecule has 1 unspecified atom stereocenters. The molecule has 0 saturated heterocycles. The molecule has 32 heavy (non-hydrogen) atoms. The minimum absolute atomic E-state index is 0.165. The Morgan fingerprint density at radius 3 is 2.12 bits per heavy atom. The van der Waals surface area contributed by atoms with Crippen molar-refractivity contribution in [1.82, 2.24) is 10.2 Å². The van der Waals surface area contributed by atoms with Crippen LogP contribution in [0.2, 0.25) is 5.02 Å². The highest BCUT2D eigenvalue weighted by atomic mass is 35.5. The third-order valence-electron chi connectivity index (χ3n) is 4.94. The number of rotatable bonds is 8. The molecule has 9 heteroatoms. The van der Waals surface area contributed by atoms with E-state index in [1.54, 1.807) is 18.7 Å².